The molecule has 3 nitrogen and oxygen atoms in total. The van der Waals surface area contributed by atoms with Crippen LogP contribution in [0.5, 0.6) is 0 Å². The zero-order valence-electron chi connectivity index (χ0n) is 10.2. The average molecular weight is 351 g/mol. The lowest BCUT2D eigenvalue weighted by Crippen LogP contribution is -2.10. The molecule has 3 rings (SSSR count). The van der Waals surface area contributed by atoms with Crippen LogP contribution >= 0.6 is 27.5 Å². The number of nitrogens with one attached hydrogen (secondary N) is 1. The third-order valence-electron chi connectivity index (χ3n) is 2.79. The molecule has 0 unspecified atom stereocenters. The van der Waals surface area contributed by atoms with E-state index in [1.54, 1.807) is 30.3 Å². The van der Waals surface area contributed by atoms with E-state index in [9.17, 15) is 4.79 Å². The Hall–Kier alpha value is -1.78. The van der Waals surface area contributed by atoms with Crippen LogP contribution in [-0.4, -0.2) is 5.91 Å². The third kappa shape index (κ3) is 2.71. The van der Waals surface area contributed by atoms with E-state index in [0.29, 0.717) is 16.3 Å². The van der Waals surface area contributed by atoms with E-state index in [1.165, 1.54) is 0 Å². The molecule has 0 aliphatic heterocycles. The Kier molecular flexibility index (Phi) is 3.51. The largest absolute Gasteiger partial charge is 0.451 e. The number of fused-ring (bicyclic) bond motifs is 1. The van der Waals surface area contributed by atoms with Gasteiger partial charge in [-0.05, 0) is 42.5 Å². The molecule has 0 bridgehead atoms. The lowest BCUT2D eigenvalue weighted by molar-refractivity contribution is 0.0998. The van der Waals surface area contributed by atoms with Crippen molar-refractivity contribution in [2.24, 2.45) is 0 Å². The summed E-state index contributed by atoms with van der Waals surface area (Å²) in [5.41, 5.74) is 1.29. The summed E-state index contributed by atoms with van der Waals surface area (Å²) in [6, 6.07) is 14.3. The minimum atomic E-state index is -0.306. The van der Waals surface area contributed by atoms with E-state index < -0.39 is 0 Å². The van der Waals surface area contributed by atoms with Crippen LogP contribution in [0, 0.1) is 0 Å². The normalized spacial score (nSPS) is 10.7. The summed E-state index contributed by atoms with van der Waals surface area (Å²) in [6.45, 7) is 0. The van der Waals surface area contributed by atoms with Crippen LogP contribution in [0.3, 0.4) is 0 Å². The van der Waals surface area contributed by atoms with Gasteiger partial charge in [0.2, 0.25) is 0 Å². The van der Waals surface area contributed by atoms with Gasteiger partial charge in [0.25, 0.3) is 5.91 Å². The average Bonchev–Trinajstić information content (AvgIpc) is 2.81. The third-order valence-corrected chi connectivity index (χ3v) is 3.52. The van der Waals surface area contributed by atoms with Gasteiger partial charge in [-0.3, -0.25) is 4.79 Å². The molecule has 1 heterocycles. The van der Waals surface area contributed by atoms with Crippen molar-refractivity contribution in [3.63, 3.8) is 0 Å². The number of halogens is 2. The molecule has 0 aliphatic rings. The molecule has 2 aromatic carbocycles. The molecular formula is C15H9BrClNO2. The molecule has 5 heteroatoms. The number of amides is 1. The van der Waals surface area contributed by atoms with Crippen LogP contribution in [0.2, 0.25) is 5.02 Å². The van der Waals surface area contributed by atoms with Crippen LogP contribution < -0.4 is 5.32 Å². The number of hydrogen-bond acceptors (Lipinski definition) is 2. The minimum Gasteiger partial charge on any atom is -0.451 e. The number of rotatable bonds is 2. The molecule has 0 aliphatic carbocycles. The topological polar surface area (TPSA) is 42.2 Å². The Bertz CT molecular complexity index is 797. The Balaban J connectivity index is 1.88. The van der Waals surface area contributed by atoms with Gasteiger partial charge in [-0.25, -0.2) is 0 Å². The van der Waals surface area contributed by atoms with Crippen molar-refractivity contribution < 1.29 is 9.21 Å². The smallest absolute Gasteiger partial charge is 0.291 e. The Morgan fingerprint density at radius 2 is 2.00 bits per heavy atom. The van der Waals surface area contributed by atoms with Crippen molar-refractivity contribution in [1.29, 1.82) is 0 Å². The zero-order valence-corrected chi connectivity index (χ0v) is 12.5. The Morgan fingerprint density at radius 3 is 2.80 bits per heavy atom. The van der Waals surface area contributed by atoms with E-state index in [0.717, 1.165) is 9.86 Å². The van der Waals surface area contributed by atoms with Crippen molar-refractivity contribution in [1.82, 2.24) is 0 Å². The van der Waals surface area contributed by atoms with Crippen molar-refractivity contribution in [3.8, 4) is 0 Å². The van der Waals surface area contributed by atoms with Crippen LogP contribution in [0.15, 0.2) is 57.4 Å². The van der Waals surface area contributed by atoms with Crippen molar-refractivity contribution in [2.75, 3.05) is 5.32 Å². The van der Waals surface area contributed by atoms with Crippen LogP contribution in [0.1, 0.15) is 10.6 Å². The maximum atomic E-state index is 12.1. The molecule has 0 atom stereocenters. The van der Waals surface area contributed by atoms with Crippen LogP contribution in [0.25, 0.3) is 11.0 Å². The fourth-order valence-electron chi connectivity index (χ4n) is 1.88. The predicted molar refractivity (Wildman–Crippen MR) is 83.3 cm³/mol. The summed E-state index contributed by atoms with van der Waals surface area (Å²) in [6.07, 6.45) is 0. The second kappa shape index (κ2) is 5.31. The second-order valence-corrected chi connectivity index (χ2v) is 5.61. The number of furan rings is 1. The lowest BCUT2D eigenvalue weighted by atomic mass is 10.2. The fraction of sp³-hybridized carbons (Fsp3) is 0. The summed E-state index contributed by atoms with van der Waals surface area (Å²) < 4.78 is 6.44. The number of carbonyl (C=O) groups excluding carboxylic acids is 1. The van der Waals surface area contributed by atoms with Gasteiger partial charge in [0.1, 0.15) is 5.58 Å². The molecule has 1 aromatic heterocycles. The molecule has 0 fully saturated rings. The van der Waals surface area contributed by atoms with E-state index in [2.05, 4.69) is 21.2 Å². The molecule has 100 valence electrons. The van der Waals surface area contributed by atoms with Gasteiger partial charge in [-0.1, -0.05) is 33.6 Å². The second-order valence-electron chi connectivity index (χ2n) is 4.26. The van der Waals surface area contributed by atoms with Gasteiger partial charge in [-0.15, -0.1) is 0 Å². The number of anilines is 1. The highest BCUT2D eigenvalue weighted by atomic mass is 79.9. The molecule has 0 radical (unpaired) electrons. The van der Waals surface area contributed by atoms with Gasteiger partial charge < -0.3 is 9.73 Å². The van der Waals surface area contributed by atoms with Crippen molar-refractivity contribution in [3.05, 3.63) is 63.8 Å². The summed E-state index contributed by atoms with van der Waals surface area (Å²) in [4.78, 5) is 12.1. The molecule has 20 heavy (non-hydrogen) atoms. The minimum absolute atomic E-state index is 0.262. The first-order valence-corrected chi connectivity index (χ1v) is 7.05. The highest BCUT2D eigenvalue weighted by molar-refractivity contribution is 9.10. The van der Waals surface area contributed by atoms with Gasteiger partial charge in [-0.2, -0.15) is 0 Å². The lowest BCUT2D eigenvalue weighted by Gasteiger charge is -2.02. The highest BCUT2D eigenvalue weighted by Gasteiger charge is 2.12. The summed E-state index contributed by atoms with van der Waals surface area (Å²) >= 11 is 9.24. The van der Waals surface area contributed by atoms with E-state index in [4.69, 9.17) is 16.0 Å². The zero-order chi connectivity index (χ0) is 14.1. The van der Waals surface area contributed by atoms with E-state index >= 15 is 0 Å². The molecule has 0 saturated heterocycles. The standard InChI is InChI=1S/C15H9BrClNO2/c16-10-5-4-9-6-14(20-13(9)7-10)15(19)18-12-3-1-2-11(17)8-12/h1-8H,(H,18,19). The summed E-state index contributed by atoms with van der Waals surface area (Å²) in [7, 11) is 0. The van der Waals surface area contributed by atoms with Gasteiger partial charge >= 0.3 is 0 Å². The molecule has 1 amide bonds. The fourth-order valence-corrected chi connectivity index (χ4v) is 2.41. The highest BCUT2D eigenvalue weighted by Crippen LogP contribution is 2.24. The summed E-state index contributed by atoms with van der Waals surface area (Å²) in [5, 5.41) is 4.19. The molecule has 0 spiro atoms. The first kappa shape index (κ1) is 13.2. The van der Waals surface area contributed by atoms with Crippen molar-refractivity contribution in [2.45, 2.75) is 0 Å². The number of carbonyl (C=O) groups is 1. The van der Waals surface area contributed by atoms with Gasteiger partial charge in [0.05, 0.1) is 0 Å². The first-order valence-electron chi connectivity index (χ1n) is 5.88. The quantitative estimate of drug-likeness (QED) is 0.698. The molecule has 3 aromatic rings. The maximum absolute atomic E-state index is 12.1. The molecular weight excluding hydrogens is 342 g/mol. The van der Waals surface area contributed by atoms with Gasteiger partial charge in [0, 0.05) is 20.6 Å². The van der Waals surface area contributed by atoms with E-state index in [1.807, 2.05) is 18.2 Å². The first-order chi connectivity index (χ1) is 9.61. The predicted octanol–water partition coefficient (Wildman–Crippen LogP) is 5.10. The Labute approximate surface area is 128 Å². The van der Waals surface area contributed by atoms with Crippen molar-refractivity contribution >= 4 is 50.1 Å². The molecule has 0 saturated carbocycles. The Morgan fingerprint density at radius 1 is 1.15 bits per heavy atom. The molecule has 1 N–H and O–H groups in total. The monoisotopic (exact) mass is 349 g/mol. The van der Waals surface area contributed by atoms with Gasteiger partial charge in [0.15, 0.2) is 5.76 Å². The van der Waals surface area contributed by atoms with Crippen LogP contribution in [0.4, 0.5) is 5.69 Å². The number of benzene rings is 2. The SMILES string of the molecule is O=C(Nc1cccc(Cl)c1)c1cc2ccc(Br)cc2o1. The summed E-state index contributed by atoms with van der Waals surface area (Å²) in [5.74, 6) is -0.0438. The number of hydrogen-bond donors (Lipinski definition) is 1. The maximum Gasteiger partial charge on any atom is 0.291 e. The van der Waals surface area contributed by atoms with Crippen LogP contribution in [-0.2, 0) is 0 Å². The van der Waals surface area contributed by atoms with E-state index in [-0.39, 0.29) is 11.7 Å².